The molecule has 0 bridgehead atoms. The van der Waals surface area contributed by atoms with E-state index in [9.17, 15) is 9.18 Å². The third-order valence-corrected chi connectivity index (χ3v) is 7.10. The van der Waals surface area contributed by atoms with E-state index in [1.165, 1.54) is 12.1 Å². The Morgan fingerprint density at radius 2 is 1.80 bits per heavy atom. The second-order valence-electron chi connectivity index (χ2n) is 8.47. The van der Waals surface area contributed by atoms with Crippen molar-refractivity contribution in [2.24, 2.45) is 0 Å². The average molecular weight is 491 g/mol. The van der Waals surface area contributed by atoms with E-state index in [2.05, 4.69) is 20.2 Å². The third-order valence-electron chi connectivity index (χ3n) is 6.16. The molecule has 8 heteroatoms. The lowest BCUT2D eigenvalue weighted by molar-refractivity contribution is 0.0162. The van der Waals surface area contributed by atoms with Gasteiger partial charge >= 0.3 is 0 Å². The Morgan fingerprint density at radius 3 is 2.54 bits per heavy atom. The van der Waals surface area contributed by atoms with Gasteiger partial charge in [-0.15, -0.1) is 0 Å². The number of nitrogens with zero attached hydrogens (tertiary/aromatic N) is 2. The summed E-state index contributed by atoms with van der Waals surface area (Å²) in [5.41, 5.74) is 4.69. The minimum absolute atomic E-state index is 0.0390. The number of carbonyl (C=O) groups excluding carboxylic acids is 1. The van der Waals surface area contributed by atoms with Crippen molar-refractivity contribution in [1.29, 1.82) is 0 Å². The van der Waals surface area contributed by atoms with Gasteiger partial charge in [0.15, 0.2) is 5.16 Å². The lowest BCUT2D eigenvalue weighted by Crippen LogP contribution is -2.43. The van der Waals surface area contributed by atoms with Gasteiger partial charge in [0.1, 0.15) is 5.82 Å². The fraction of sp³-hybridized carbons (Fsp3) is 0.259. The summed E-state index contributed by atoms with van der Waals surface area (Å²) in [4.78, 5) is 23.1. The van der Waals surface area contributed by atoms with E-state index in [4.69, 9.17) is 4.74 Å². The minimum Gasteiger partial charge on any atom is -0.379 e. The highest BCUT2D eigenvalue weighted by molar-refractivity contribution is 7.98. The van der Waals surface area contributed by atoms with Crippen molar-refractivity contribution in [2.75, 3.05) is 32.8 Å². The number of aromatic nitrogens is 2. The Balaban J connectivity index is 1.19. The largest absolute Gasteiger partial charge is 0.379 e. The lowest BCUT2D eigenvalue weighted by atomic mass is 10.0. The first-order valence-electron chi connectivity index (χ1n) is 11.7. The molecule has 3 aromatic carbocycles. The number of ether oxygens (including phenoxy) is 1. The number of carbonyl (C=O) groups is 1. The van der Waals surface area contributed by atoms with Crippen LogP contribution in [0, 0.1) is 5.82 Å². The molecule has 35 heavy (non-hydrogen) atoms. The van der Waals surface area contributed by atoms with Crippen molar-refractivity contribution in [3.05, 3.63) is 95.3 Å². The van der Waals surface area contributed by atoms with Gasteiger partial charge in [0.05, 0.1) is 30.3 Å². The molecular weight excluding hydrogens is 463 g/mol. The fourth-order valence-corrected chi connectivity index (χ4v) is 5.07. The monoisotopic (exact) mass is 490 g/mol. The number of hydrogen-bond acceptors (Lipinski definition) is 5. The number of rotatable bonds is 8. The number of nitrogens with one attached hydrogen (secondary N) is 2. The molecule has 0 saturated carbocycles. The molecule has 2 heterocycles. The number of H-pyrrole nitrogens is 1. The summed E-state index contributed by atoms with van der Waals surface area (Å²) in [7, 11) is 0. The molecule has 6 nitrogen and oxygen atoms in total. The van der Waals surface area contributed by atoms with Crippen LogP contribution in [-0.4, -0.2) is 53.6 Å². The van der Waals surface area contributed by atoms with Gasteiger partial charge in [-0.05, 0) is 47.5 Å². The number of thioether (sulfide) groups is 1. The van der Waals surface area contributed by atoms with Crippen molar-refractivity contribution in [3.8, 4) is 0 Å². The molecule has 1 fully saturated rings. The molecule has 2 N–H and O–H groups in total. The lowest BCUT2D eigenvalue weighted by Gasteiger charge is -2.35. The summed E-state index contributed by atoms with van der Waals surface area (Å²) in [6.45, 7) is 3.29. The highest BCUT2D eigenvalue weighted by Gasteiger charge is 2.23. The van der Waals surface area contributed by atoms with Crippen LogP contribution < -0.4 is 5.32 Å². The van der Waals surface area contributed by atoms with E-state index >= 15 is 0 Å². The Labute approximate surface area is 207 Å². The normalized spacial score (nSPS) is 15.2. The first-order valence-corrected chi connectivity index (χ1v) is 12.7. The van der Waals surface area contributed by atoms with Crippen LogP contribution in [0.1, 0.15) is 27.5 Å². The summed E-state index contributed by atoms with van der Waals surface area (Å²) >= 11 is 1.63. The van der Waals surface area contributed by atoms with Crippen LogP contribution in [0.5, 0.6) is 0 Å². The fourth-order valence-electron chi connectivity index (χ4n) is 4.23. The second-order valence-corrected chi connectivity index (χ2v) is 9.43. The number of benzene rings is 3. The summed E-state index contributed by atoms with van der Waals surface area (Å²) in [6, 6.07) is 22.1. The molecule has 4 aromatic rings. The predicted octanol–water partition coefficient (Wildman–Crippen LogP) is 4.80. The number of morpholine rings is 1. The highest BCUT2D eigenvalue weighted by Crippen LogP contribution is 2.24. The predicted molar refractivity (Wildman–Crippen MR) is 136 cm³/mol. The average Bonchev–Trinajstić information content (AvgIpc) is 3.32. The van der Waals surface area contributed by atoms with Crippen LogP contribution >= 0.6 is 11.8 Å². The molecule has 1 aliphatic rings. The number of para-hydroxylation sites is 2. The second kappa shape index (κ2) is 11.0. The maximum atomic E-state index is 13.5. The number of imidazole rings is 1. The molecule has 1 atom stereocenters. The molecule has 180 valence electrons. The van der Waals surface area contributed by atoms with E-state index in [0.717, 1.165) is 46.2 Å². The topological polar surface area (TPSA) is 70.2 Å². The van der Waals surface area contributed by atoms with Gasteiger partial charge in [-0.25, -0.2) is 9.37 Å². The molecule has 0 aliphatic carbocycles. The number of aromatic amines is 1. The maximum absolute atomic E-state index is 13.5. The van der Waals surface area contributed by atoms with Gasteiger partial charge in [0.25, 0.3) is 5.91 Å². The maximum Gasteiger partial charge on any atom is 0.251 e. The Kier molecular flexibility index (Phi) is 7.42. The van der Waals surface area contributed by atoms with Crippen LogP contribution in [0.4, 0.5) is 4.39 Å². The molecule has 0 spiro atoms. The van der Waals surface area contributed by atoms with Gasteiger partial charge in [-0.1, -0.05) is 48.2 Å². The first kappa shape index (κ1) is 23.5. The van der Waals surface area contributed by atoms with Gasteiger partial charge in [-0.3, -0.25) is 9.69 Å². The third kappa shape index (κ3) is 5.90. The molecule has 0 radical (unpaired) electrons. The number of halogens is 1. The van der Waals surface area contributed by atoms with Gasteiger partial charge in [-0.2, -0.15) is 0 Å². The zero-order valence-corrected chi connectivity index (χ0v) is 20.1. The van der Waals surface area contributed by atoms with E-state index in [1.54, 1.807) is 23.9 Å². The summed E-state index contributed by atoms with van der Waals surface area (Å²) < 4.78 is 18.9. The minimum atomic E-state index is -0.267. The van der Waals surface area contributed by atoms with Crippen LogP contribution in [0.25, 0.3) is 11.0 Å². The molecule has 5 rings (SSSR count). The highest BCUT2D eigenvalue weighted by atomic mass is 32.2. The standard InChI is InChI=1S/C27H27FN4O2S/c28-22-11-9-20(10-12-22)25(32-13-15-34-16-14-32)17-29-26(33)21-7-5-19(6-8-21)18-35-27-30-23-3-1-2-4-24(23)31-27/h1-12,25H,13-18H2,(H,29,33)(H,30,31). The van der Waals surface area contributed by atoms with Crippen molar-refractivity contribution in [1.82, 2.24) is 20.2 Å². The van der Waals surface area contributed by atoms with Crippen LogP contribution in [0.3, 0.4) is 0 Å². The smallest absolute Gasteiger partial charge is 0.251 e. The van der Waals surface area contributed by atoms with Gasteiger partial charge in [0, 0.05) is 31.0 Å². The Morgan fingerprint density at radius 1 is 1.06 bits per heavy atom. The molecule has 1 amide bonds. The molecular formula is C27H27FN4O2S. The molecule has 1 aliphatic heterocycles. The van der Waals surface area contributed by atoms with Crippen molar-refractivity contribution in [2.45, 2.75) is 17.0 Å². The van der Waals surface area contributed by atoms with Crippen molar-refractivity contribution < 1.29 is 13.9 Å². The van der Waals surface area contributed by atoms with Crippen LogP contribution in [0.2, 0.25) is 0 Å². The summed E-state index contributed by atoms with van der Waals surface area (Å²) in [6.07, 6.45) is 0. The number of amides is 1. The number of fused-ring (bicyclic) bond motifs is 1. The van der Waals surface area contributed by atoms with Crippen molar-refractivity contribution >= 4 is 28.7 Å². The first-order chi connectivity index (χ1) is 17.2. The zero-order chi connectivity index (χ0) is 24.0. The Bertz CT molecular complexity index is 1240. The molecule has 1 unspecified atom stereocenters. The van der Waals surface area contributed by atoms with E-state index in [1.807, 2.05) is 48.5 Å². The van der Waals surface area contributed by atoms with E-state index in [-0.39, 0.29) is 17.8 Å². The van der Waals surface area contributed by atoms with Gasteiger partial charge < -0.3 is 15.0 Å². The Hall–Kier alpha value is -3.20. The summed E-state index contributed by atoms with van der Waals surface area (Å²) in [5, 5.41) is 3.94. The zero-order valence-electron chi connectivity index (χ0n) is 19.2. The SMILES string of the molecule is O=C(NCC(c1ccc(F)cc1)N1CCOCC1)c1ccc(CSc2nc3ccccc3[nH]2)cc1. The quantitative estimate of drug-likeness (QED) is 0.347. The number of hydrogen-bond donors (Lipinski definition) is 2. The molecule has 1 aromatic heterocycles. The van der Waals surface area contributed by atoms with Crippen LogP contribution in [-0.2, 0) is 10.5 Å². The van der Waals surface area contributed by atoms with Crippen molar-refractivity contribution in [3.63, 3.8) is 0 Å². The van der Waals surface area contributed by atoms with E-state index < -0.39 is 0 Å². The summed E-state index contributed by atoms with van der Waals surface area (Å²) in [5.74, 6) is 0.365. The van der Waals surface area contributed by atoms with Gasteiger partial charge in [0.2, 0.25) is 0 Å². The molecule has 1 saturated heterocycles. The van der Waals surface area contributed by atoms with E-state index in [0.29, 0.717) is 25.3 Å². The van der Waals surface area contributed by atoms with Crippen LogP contribution in [0.15, 0.2) is 78.0 Å².